The van der Waals surface area contributed by atoms with E-state index in [2.05, 4.69) is 20.5 Å². The number of methoxy groups -OCH3 is 1. The first kappa shape index (κ1) is 21.5. The molecule has 2 aliphatic heterocycles. The van der Waals surface area contributed by atoms with Crippen LogP contribution in [0.2, 0.25) is 0 Å². The smallest absolute Gasteiger partial charge is 0.417 e. The van der Waals surface area contributed by atoms with Crippen LogP contribution in [0.4, 0.5) is 19.0 Å². The molecule has 2 bridgehead atoms. The number of carbonyl (C=O) groups is 1. The largest absolute Gasteiger partial charge is 0.497 e. The van der Waals surface area contributed by atoms with Gasteiger partial charge < -0.3 is 15.0 Å². The average molecular weight is 460 g/mol. The maximum absolute atomic E-state index is 13.7. The standard InChI is InChI=1S/C22H23F3N6O2/c1-33-15-4-5-16(19(11-15)31-27-8-9-28-31)21(32)30-14-3-6-18(30)17(10-14)29-20-7-2-13(12-26-20)22(23,24)25/h2,4-5,7-9,11-12,14,16-19H,3,6,10H2,1H3,(H,26,29). The average Bonchev–Trinajstić information content (AvgIpc) is 3.55. The number of allylic oxidation sites excluding steroid dienone is 2. The molecule has 5 rings (SSSR count). The number of fused-ring (bicyclic) bond motifs is 2. The fraction of sp³-hybridized carbons (Fsp3) is 0.455. The fourth-order valence-corrected chi connectivity index (χ4v) is 5.09. The number of nitrogens with zero attached hydrogens (tertiary/aromatic N) is 5. The second-order valence-corrected chi connectivity index (χ2v) is 8.46. The number of rotatable bonds is 5. The molecule has 2 aromatic heterocycles. The van der Waals surface area contributed by atoms with Gasteiger partial charge in [-0.05, 0) is 43.5 Å². The van der Waals surface area contributed by atoms with Gasteiger partial charge in [0.2, 0.25) is 5.91 Å². The Hall–Kier alpha value is -3.37. The first-order chi connectivity index (χ1) is 15.8. The number of nitrogens with one attached hydrogen (secondary N) is 1. The van der Waals surface area contributed by atoms with Crippen LogP contribution >= 0.6 is 0 Å². The van der Waals surface area contributed by atoms with Crippen molar-refractivity contribution in [3.63, 3.8) is 0 Å². The summed E-state index contributed by atoms with van der Waals surface area (Å²) in [5.74, 6) is 0.509. The van der Waals surface area contributed by atoms with Crippen molar-refractivity contribution in [3.05, 3.63) is 60.3 Å². The van der Waals surface area contributed by atoms with Gasteiger partial charge >= 0.3 is 6.18 Å². The van der Waals surface area contributed by atoms with Gasteiger partial charge in [0.15, 0.2) is 0 Å². The SMILES string of the molecule is COC1=CC(n2nccn2)C(C(=O)N2C3CCC2C(Nc2ccc(C(F)(F)F)cn2)C3)C=C1. The lowest BCUT2D eigenvalue weighted by molar-refractivity contribution is -0.138. The van der Waals surface area contributed by atoms with Crippen molar-refractivity contribution in [1.82, 2.24) is 24.9 Å². The fourth-order valence-electron chi connectivity index (χ4n) is 5.09. The Kier molecular flexibility index (Phi) is 5.34. The molecule has 4 heterocycles. The minimum atomic E-state index is -4.42. The molecule has 0 saturated carbocycles. The zero-order valence-electron chi connectivity index (χ0n) is 17.8. The summed E-state index contributed by atoms with van der Waals surface area (Å²) in [4.78, 5) is 21.0. The summed E-state index contributed by atoms with van der Waals surface area (Å²) in [5.41, 5.74) is -0.788. The molecule has 2 fully saturated rings. The van der Waals surface area contributed by atoms with Crippen molar-refractivity contribution in [2.24, 2.45) is 5.92 Å². The highest BCUT2D eigenvalue weighted by Gasteiger charge is 2.50. The molecule has 1 aliphatic carbocycles. The van der Waals surface area contributed by atoms with Gasteiger partial charge in [-0.25, -0.2) is 4.98 Å². The van der Waals surface area contributed by atoms with Crippen LogP contribution in [0.3, 0.4) is 0 Å². The van der Waals surface area contributed by atoms with Crippen molar-refractivity contribution in [2.45, 2.75) is 49.6 Å². The van der Waals surface area contributed by atoms with Crippen LogP contribution in [0.15, 0.2) is 54.7 Å². The molecular weight excluding hydrogens is 437 g/mol. The number of carbonyl (C=O) groups excluding carboxylic acids is 1. The summed E-state index contributed by atoms with van der Waals surface area (Å²) in [6, 6.07) is 1.88. The van der Waals surface area contributed by atoms with Crippen LogP contribution in [-0.2, 0) is 15.7 Å². The molecule has 1 N–H and O–H groups in total. The highest BCUT2D eigenvalue weighted by molar-refractivity contribution is 5.83. The van der Waals surface area contributed by atoms with Crippen LogP contribution < -0.4 is 5.32 Å². The van der Waals surface area contributed by atoms with Crippen molar-refractivity contribution in [1.29, 1.82) is 0 Å². The van der Waals surface area contributed by atoms with Crippen molar-refractivity contribution < 1.29 is 22.7 Å². The normalized spacial score (nSPS) is 28.7. The van der Waals surface area contributed by atoms with E-state index >= 15 is 0 Å². The molecule has 33 heavy (non-hydrogen) atoms. The second kappa shape index (κ2) is 8.20. The maximum Gasteiger partial charge on any atom is 0.417 e. The summed E-state index contributed by atoms with van der Waals surface area (Å²) < 4.78 is 43.8. The quantitative estimate of drug-likeness (QED) is 0.738. The molecule has 11 heteroatoms. The Morgan fingerprint density at radius 1 is 1.21 bits per heavy atom. The molecule has 3 aliphatic rings. The molecule has 2 saturated heterocycles. The zero-order valence-corrected chi connectivity index (χ0v) is 17.8. The summed E-state index contributed by atoms with van der Waals surface area (Å²) in [6.07, 6.45) is 7.42. The number of aromatic nitrogens is 4. The molecule has 0 aromatic carbocycles. The van der Waals surface area contributed by atoms with Gasteiger partial charge in [0, 0.05) is 18.3 Å². The Labute approximate surface area is 188 Å². The second-order valence-electron chi connectivity index (χ2n) is 8.46. The van der Waals surface area contributed by atoms with E-state index in [0.717, 1.165) is 31.5 Å². The van der Waals surface area contributed by atoms with E-state index < -0.39 is 23.7 Å². The van der Waals surface area contributed by atoms with Gasteiger partial charge in [0.05, 0.1) is 37.0 Å². The first-order valence-corrected chi connectivity index (χ1v) is 10.8. The van der Waals surface area contributed by atoms with Gasteiger partial charge in [-0.3, -0.25) is 4.79 Å². The molecule has 0 spiro atoms. The number of anilines is 1. The third-order valence-corrected chi connectivity index (χ3v) is 6.61. The third-order valence-electron chi connectivity index (χ3n) is 6.61. The van der Waals surface area contributed by atoms with Gasteiger partial charge in [-0.1, -0.05) is 6.08 Å². The number of ether oxygens (including phenoxy) is 1. The van der Waals surface area contributed by atoms with Gasteiger partial charge in [0.1, 0.15) is 17.6 Å². The highest BCUT2D eigenvalue weighted by Crippen LogP contribution is 2.42. The van der Waals surface area contributed by atoms with Crippen LogP contribution in [0.5, 0.6) is 0 Å². The zero-order chi connectivity index (χ0) is 23.2. The monoisotopic (exact) mass is 460 g/mol. The van der Waals surface area contributed by atoms with Gasteiger partial charge in [-0.15, -0.1) is 0 Å². The molecule has 5 unspecified atom stereocenters. The highest BCUT2D eigenvalue weighted by atomic mass is 19.4. The molecule has 5 atom stereocenters. The number of halogens is 3. The van der Waals surface area contributed by atoms with Crippen LogP contribution in [0.25, 0.3) is 0 Å². The van der Waals surface area contributed by atoms with E-state index in [4.69, 9.17) is 4.74 Å². The molecule has 1 amide bonds. The Balaban J connectivity index is 1.33. The van der Waals surface area contributed by atoms with E-state index in [9.17, 15) is 18.0 Å². The van der Waals surface area contributed by atoms with Crippen molar-refractivity contribution in [2.75, 3.05) is 12.4 Å². The van der Waals surface area contributed by atoms with Crippen LogP contribution in [0, 0.1) is 5.92 Å². The molecule has 8 nitrogen and oxygen atoms in total. The van der Waals surface area contributed by atoms with Crippen molar-refractivity contribution >= 4 is 11.7 Å². The van der Waals surface area contributed by atoms with Crippen LogP contribution in [-0.4, -0.2) is 56.0 Å². The van der Waals surface area contributed by atoms with E-state index in [1.807, 2.05) is 17.1 Å². The lowest BCUT2D eigenvalue weighted by Gasteiger charge is -2.31. The predicted molar refractivity (Wildman–Crippen MR) is 112 cm³/mol. The molecule has 0 radical (unpaired) electrons. The molecule has 2 aromatic rings. The van der Waals surface area contributed by atoms with E-state index in [0.29, 0.717) is 11.6 Å². The maximum atomic E-state index is 13.7. The lowest BCUT2D eigenvalue weighted by Crippen LogP contribution is -2.45. The predicted octanol–water partition coefficient (Wildman–Crippen LogP) is 3.19. The molecular formula is C22H23F3N6O2. The van der Waals surface area contributed by atoms with Gasteiger partial charge in [0.25, 0.3) is 0 Å². The topological polar surface area (TPSA) is 85.2 Å². The summed E-state index contributed by atoms with van der Waals surface area (Å²) in [6.45, 7) is 0. The summed E-state index contributed by atoms with van der Waals surface area (Å²) in [5, 5.41) is 11.7. The Bertz CT molecular complexity index is 1070. The number of hydrogen-bond acceptors (Lipinski definition) is 6. The molecule has 174 valence electrons. The number of amides is 1. The minimum absolute atomic E-state index is 0.0165. The number of pyridine rings is 1. The number of alkyl halides is 3. The third kappa shape index (κ3) is 3.96. The van der Waals surface area contributed by atoms with E-state index in [-0.39, 0.29) is 24.0 Å². The first-order valence-electron chi connectivity index (χ1n) is 10.8. The van der Waals surface area contributed by atoms with Crippen LogP contribution in [0.1, 0.15) is 30.9 Å². The lowest BCUT2D eigenvalue weighted by atomic mass is 9.93. The van der Waals surface area contributed by atoms with Gasteiger partial charge in [-0.2, -0.15) is 28.2 Å². The van der Waals surface area contributed by atoms with E-state index in [1.54, 1.807) is 25.6 Å². The summed E-state index contributed by atoms with van der Waals surface area (Å²) in [7, 11) is 1.57. The van der Waals surface area contributed by atoms with Crippen molar-refractivity contribution in [3.8, 4) is 0 Å². The Morgan fingerprint density at radius 2 is 2.00 bits per heavy atom. The minimum Gasteiger partial charge on any atom is -0.497 e. The van der Waals surface area contributed by atoms with E-state index in [1.165, 1.54) is 10.9 Å². The Morgan fingerprint density at radius 3 is 2.67 bits per heavy atom. The summed E-state index contributed by atoms with van der Waals surface area (Å²) >= 11 is 0. The number of hydrogen-bond donors (Lipinski definition) is 1.